The number of amides is 1. The van der Waals surface area contributed by atoms with Gasteiger partial charge in [0.2, 0.25) is 0 Å². The number of nitrogens with one attached hydrogen (secondary N) is 1. The summed E-state index contributed by atoms with van der Waals surface area (Å²) in [5.74, 6) is -0.655. The number of benzene rings is 1. The van der Waals surface area contributed by atoms with Crippen molar-refractivity contribution in [1.29, 1.82) is 0 Å². The van der Waals surface area contributed by atoms with Crippen LogP contribution in [0.4, 0.5) is 0 Å². The second-order valence-electron chi connectivity index (χ2n) is 4.54. The Labute approximate surface area is 139 Å². The van der Waals surface area contributed by atoms with E-state index in [1.807, 2.05) is 6.92 Å². The van der Waals surface area contributed by atoms with E-state index < -0.39 is 12.6 Å². The van der Waals surface area contributed by atoms with Crippen LogP contribution in [0.1, 0.15) is 23.7 Å². The van der Waals surface area contributed by atoms with Crippen LogP contribution in [-0.4, -0.2) is 50.5 Å². The van der Waals surface area contributed by atoms with Crippen LogP contribution in [0.3, 0.4) is 0 Å². The standard InChI is InChI=1S/C15H20ClNO6/c1-3-5-23-14-11(16)7-10(8-12(14)21-2)15(20)17-4-6-22-9-13(18)19/h7-8H,3-6,9H2,1-2H3,(H,17,20)(H,18,19). The van der Waals surface area contributed by atoms with E-state index in [-0.39, 0.29) is 24.1 Å². The third-order valence-corrected chi connectivity index (χ3v) is 2.98. The van der Waals surface area contributed by atoms with Gasteiger partial charge in [0.15, 0.2) is 11.5 Å². The molecule has 0 radical (unpaired) electrons. The number of carboxylic acid groups (broad SMARTS) is 1. The molecule has 1 rings (SSSR count). The van der Waals surface area contributed by atoms with E-state index in [1.54, 1.807) is 0 Å². The van der Waals surface area contributed by atoms with E-state index in [0.29, 0.717) is 23.7 Å². The van der Waals surface area contributed by atoms with Crippen molar-refractivity contribution < 1.29 is 28.9 Å². The zero-order valence-corrected chi connectivity index (χ0v) is 13.8. The molecule has 0 saturated heterocycles. The molecular formula is C15H20ClNO6. The van der Waals surface area contributed by atoms with Gasteiger partial charge in [-0.2, -0.15) is 0 Å². The highest BCUT2D eigenvalue weighted by Crippen LogP contribution is 2.36. The highest BCUT2D eigenvalue weighted by molar-refractivity contribution is 6.32. The summed E-state index contributed by atoms with van der Waals surface area (Å²) in [5, 5.41) is 11.3. The highest BCUT2D eigenvalue weighted by Gasteiger charge is 2.15. The topological polar surface area (TPSA) is 94.1 Å². The molecule has 0 aliphatic carbocycles. The lowest BCUT2D eigenvalue weighted by Gasteiger charge is -2.13. The van der Waals surface area contributed by atoms with E-state index in [1.165, 1.54) is 19.2 Å². The zero-order valence-electron chi connectivity index (χ0n) is 13.1. The van der Waals surface area contributed by atoms with Gasteiger partial charge in [-0.25, -0.2) is 4.79 Å². The highest BCUT2D eigenvalue weighted by atomic mass is 35.5. The van der Waals surface area contributed by atoms with Gasteiger partial charge in [-0.1, -0.05) is 18.5 Å². The predicted molar refractivity (Wildman–Crippen MR) is 84.6 cm³/mol. The zero-order chi connectivity index (χ0) is 17.2. The molecular weight excluding hydrogens is 326 g/mol. The molecule has 0 aliphatic heterocycles. The number of ether oxygens (including phenoxy) is 3. The van der Waals surface area contributed by atoms with Crippen molar-refractivity contribution in [3.8, 4) is 11.5 Å². The molecule has 0 atom stereocenters. The van der Waals surface area contributed by atoms with Crippen LogP contribution in [0.15, 0.2) is 12.1 Å². The smallest absolute Gasteiger partial charge is 0.329 e. The Hall–Kier alpha value is -1.99. The fraction of sp³-hybridized carbons (Fsp3) is 0.467. The van der Waals surface area contributed by atoms with Gasteiger partial charge in [0.25, 0.3) is 5.91 Å². The quantitative estimate of drug-likeness (QED) is 0.630. The summed E-state index contributed by atoms with van der Waals surface area (Å²) >= 11 is 6.14. The Morgan fingerprint density at radius 1 is 1.30 bits per heavy atom. The van der Waals surface area contributed by atoms with Gasteiger partial charge in [-0.3, -0.25) is 4.79 Å². The SMILES string of the molecule is CCCOc1c(Cl)cc(C(=O)NCCOCC(=O)O)cc1OC. The Morgan fingerprint density at radius 3 is 2.65 bits per heavy atom. The fourth-order valence-corrected chi connectivity index (χ4v) is 1.96. The van der Waals surface area contributed by atoms with Crippen molar-refractivity contribution >= 4 is 23.5 Å². The molecule has 7 nitrogen and oxygen atoms in total. The van der Waals surface area contributed by atoms with E-state index in [9.17, 15) is 9.59 Å². The van der Waals surface area contributed by atoms with Crippen LogP contribution in [-0.2, 0) is 9.53 Å². The molecule has 1 aromatic rings. The minimum Gasteiger partial charge on any atom is -0.493 e. The third kappa shape index (κ3) is 6.33. The normalized spacial score (nSPS) is 10.2. The second-order valence-corrected chi connectivity index (χ2v) is 4.95. The molecule has 1 aromatic carbocycles. The monoisotopic (exact) mass is 345 g/mol. The van der Waals surface area contributed by atoms with Crippen molar-refractivity contribution in [1.82, 2.24) is 5.32 Å². The van der Waals surface area contributed by atoms with E-state index in [2.05, 4.69) is 5.32 Å². The number of carboxylic acids is 1. The number of hydrogen-bond donors (Lipinski definition) is 2. The van der Waals surface area contributed by atoms with Crippen molar-refractivity contribution in [2.24, 2.45) is 0 Å². The minimum absolute atomic E-state index is 0.0978. The largest absolute Gasteiger partial charge is 0.493 e. The van der Waals surface area contributed by atoms with Gasteiger partial charge in [-0.15, -0.1) is 0 Å². The lowest BCUT2D eigenvalue weighted by molar-refractivity contribution is -0.142. The first-order valence-corrected chi connectivity index (χ1v) is 7.45. The number of hydrogen-bond acceptors (Lipinski definition) is 5. The van der Waals surface area contributed by atoms with Crippen LogP contribution < -0.4 is 14.8 Å². The molecule has 0 aliphatic rings. The minimum atomic E-state index is -1.06. The van der Waals surface area contributed by atoms with E-state index in [4.69, 9.17) is 30.9 Å². The van der Waals surface area contributed by atoms with Crippen molar-refractivity contribution in [2.75, 3.05) is 33.5 Å². The molecule has 0 aromatic heterocycles. The molecule has 0 heterocycles. The molecule has 0 fully saturated rings. The molecule has 2 N–H and O–H groups in total. The molecule has 0 unspecified atom stereocenters. The Kier molecular flexibility index (Phi) is 8.21. The van der Waals surface area contributed by atoms with Gasteiger partial charge < -0.3 is 24.6 Å². The van der Waals surface area contributed by atoms with Gasteiger partial charge in [-0.05, 0) is 18.6 Å². The lowest BCUT2D eigenvalue weighted by Crippen LogP contribution is -2.28. The van der Waals surface area contributed by atoms with Crippen LogP contribution >= 0.6 is 11.6 Å². The number of aliphatic carboxylic acids is 1. The van der Waals surface area contributed by atoms with Gasteiger partial charge in [0, 0.05) is 12.1 Å². The van der Waals surface area contributed by atoms with Gasteiger partial charge in [0.05, 0.1) is 25.3 Å². The molecule has 23 heavy (non-hydrogen) atoms. The van der Waals surface area contributed by atoms with Crippen LogP contribution in [0.5, 0.6) is 11.5 Å². The lowest BCUT2D eigenvalue weighted by atomic mass is 10.2. The van der Waals surface area contributed by atoms with Crippen molar-refractivity contribution in [3.05, 3.63) is 22.7 Å². The van der Waals surface area contributed by atoms with Crippen molar-refractivity contribution in [3.63, 3.8) is 0 Å². The number of halogens is 1. The average Bonchev–Trinajstić information content (AvgIpc) is 2.52. The maximum Gasteiger partial charge on any atom is 0.329 e. The second kappa shape index (κ2) is 9.91. The van der Waals surface area contributed by atoms with Gasteiger partial charge >= 0.3 is 5.97 Å². The summed E-state index contributed by atoms with van der Waals surface area (Å²) in [6.07, 6.45) is 0.818. The predicted octanol–water partition coefficient (Wildman–Crippen LogP) is 1.97. The number of rotatable bonds is 10. The first-order chi connectivity index (χ1) is 11.0. The Bertz CT molecular complexity index is 549. The van der Waals surface area contributed by atoms with Crippen molar-refractivity contribution in [2.45, 2.75) is 13.3 Å². The summed E-state index contributed by atoms with van der Waals surface area (Å²) < 4.78 is 15.5. The third-order valence-electron chi connectivity index (χ3n) is 2.70. The molecule has 1 amide bonds. The molecule has 8 heteroatoms. The number of methoxy groups -OCH3 is 1. The first-order valence-electron chi connectivity index (χ1n) is 7.07. The number of carbonyl (C=O) groups is 2. The molecule has 0 spiro atoms. The van der Waals surface area contributed by atoms with Crippen LogP contribution in [0.2, 0.25) is 5.02 Å². The molecule has 0 bridgehead atoms. The average molecular weight is 346 g/mol. The summed E-state index contributed by atoms with van der Waals surface area (Å²) in [7, 11) is 1.46. The van der Waals surface area contributed by atoms with Gasteiger partial charge in [0.1, 0.15) is 6.61 Å². The Balaban J connectivity index is 2.66. The number of carbonyl (C=O) groups excluding carboxylic acids is 1. The summed E-state index contributed by atoms with van der Waals surface area (Å²) in [5.41, 5.74) is 0.314. The summed E-state index contributed by atoms with van der Waals surface area (Å²) in [4.78, 5) is 22.3. The first kappa shape index (κ1) is 19.1. The summed E-state index contributed by atoms with van der Waals surface area (Å²) in [6, 6.07) is 3.02. The Morgan fingerprint density at radius 2 is 2.04 bits per heavy atom. The summed E-state index contributed by atoms with van der Waals surface area (Å²) in [6.45, 7) is 2.33. The maximum atomic E-state index is 12.0. The van der Waals surface area contributed by atoms with Crippen LogP contribution in [0, 0.1) is 0 Å². The van der Waals surface area contributed by atoms with Crippen LogP contribution in [0.25, 0.3) is 0 Å². The fourth-order valence-electron chi connectivity index (χ4n) is 1.69. The van der Waals surface area contributed by atoms with E-state index >= 15 is 0 Å². The molecule has 128 valence electrons. The maximum absolute atomic E-state index is 12.0. The molecule has 0 saturated carbocycles. The van der Waals surface area contributed by atoms with E-state index in [0.717, 1.165) is 6.42 Å².